The monoisotopic (exact) mass is 278 g/mol. The van der Waals surface area contributed by atoms with Crippen molar-refractivity contribution in [3.8, 4) is 0 Å². The Hall–Kier alpha value is -2.55. The van der Waals surface area contributed by atoms with Gasteiger partial charge in [-0.15, -0.1) is 0 Å². The molecule has 1 N–H and O–H groups in total. The second-order valence-electron chi connectivity index (χ2n) is 5.03. The van der Waals surface area contributed by atoms with Gasteiger partial charge in [0.15, 0.2) is 0 Å². The summed E-state index contributed by atoms with van der Waals surface area (Å²) in [6.45, 7) is 7.08. The Balaban J connectivity index is 2.10. The molecule has 0 fully saturated rings. The lowest BCUT2D eigenvalue weighted by atomic mass is 10.1. The van der Waals surface area contributed by atoms with Crippen LogP contribution < -0.4 is 5.32 Å². The van der Waals surface area contributed by atoms with Crippen molar-refractivity contribution in [2.75, 3.05) is 0 Å². The molecule has 0 spiro atoms. The molecule has 3 nitrogen and oxygen atoms in total. The minimum atomic E-state index is -0.147. The summed E-state index contributed by atoms with van der Waals surface area (Å²) in [5.74, 6) is -0.147. The summed E-state index contributed by atoms with van der Waals surface area (Å²) in [4.78, 5) is 11.3. The van der Waals surface area contributed by atoms with E-state index >= 15 is 0 Å². The molecule has 0 saturated carbocycles. The van der Waals surface area contributed by atoms with Crippen molar-refractivity contribution in [3.63, 3.8) is 0 Å². The smallest absolute Gasteiger partial charge is 0.243 e. The summed E-state index contributed by atoms with van der Waals surface area (Å²) >= 11 is 0. The second-order valence-corrected chi connectivity index (χ2v) is 5.03. The van der Waals surface area contributed by atoms with Gasteiger partial charge in [0.25, 0.3) is 0 Å². The van der Waals surface area contributed by atoms with Crippen molar-refractivity contribution >= 4 is 27.7 Å². The number of rotatable bonds is 4. The van der Waals surface area contributed by atoms with Crippen LogP contribution in [0, 0.1) is 0 Å². The molecule has 0 aliphatic heterocycles. The van der Waals surface area contributed by atoms with Gasteiger partial charge >= 0.3 is 0 Å². The first-order chi connectivity index (χ1) is 10.2. The predicted octanol–water partition coefficient (Wildman–Crippen LogP) is 3.62. The Morgan fingerprint density at radius 2 is 1.95 bits per heavy atom. The van der Waals surface area contributed by atoms with Crippen LogP contribution in [-0.2, 0) is 17.9 Å². The Bertz CT molecular complexity index is 830. The van der Waals surface area contributed by atoms with Crippen molar-refractivity contribution in [2.24, 2.45) is 0 Å². The number of aromatic nitrogens is 1. The Kier molecular flexibility index (Phi) is 3.48. The maximum Gasteiger partial charge on any atom is 0.243 e. The zero-order chi connectivity index (χ0) is 14.8. The van der Waals surface area contributed by atoms with Crippen LogP contribution in [0.4, 0.5) is 0 Å². The highest BCUT2D eigenvalue weighted by Gasteiger charge is 2.09. The van der Waals surface area contributed by atoms with Crippen LogP contribution in [0.2, 0.25) is 0 Å². The average Bonchev–Trinajstić information content (AvgIpc) is 2.85. The van der Waals surface area contributed by atoms with Gasteiger partial charge in [-0.25, -0.2) is 0 Å². The fraction of sp³-hybridized carbons (Fsp3) is 0.167. The molecule has 0 aliphatic rings. The minimum Gasteiger partial charge on any atom is -0.348 e. The summed E-state index contributed by atoms with van der Waals surface area (Å²) in [6, 6.07) is 14.8. The molecule has 1 amide bonds. The van der Waals surface area contributed by atoms with E-state index in [0.717, 1.165) is 12.1 Å². The highest BCUT2D eigenvalue weighted by atomic mass is 16.1. The molecule has 106 valence electrons. The molecule has 0 radical (unpaired) electrons. The number of carbonyl (C=O) groups excluding carboxylic acids is 1. The number of hydrogen-bond acceptors (Lipinski definition) is 1. The summed E-state index contributed by atoms with van der Waals surface area (Å²) in [5.41, 5.74) is 3.58. The van der Waals surface area contributed by atoms with E-state index in [9.17, 15) is 4.79 Å². The van der Waals surface area contributed by atoms with Crippen molar-refractivity contribution in [3.05, 3.63) is 60.7 Å². The number of benzene rings is 2. The molecular formula is C18H18N2O. The van der Waals surface area contributed by atoms with Crippen LogP contribution in [0.25, 0.3) is 21.8 Å². The van der Waals surface area contributed by atoms with Crippen molar-refractivity contribution in [1.82, 2.24) is 9.88 Å². The molecule has 3 rings (SSSR count). The highest BCUT2D eigenvalue weighted by Crippen LogP contribution is 2.29. The largest absolute Gasteiger partial charge is 0.348 e. The Morgan fingerprint density at radius 3 is 2.71 bits per heavy atom. The van der Waals surface area contributed by atoms with Crippen LogP contribution in [0.1, 0.15) is 12.5 Å². The first kappa shape index (κ1) is 13.4. The second kappa shape index (κ2) is 5.44. The van der Waals surface area contributed by atoms with Crippen LogP contribution in [0.3, 0.4) is 0 Å². The molecule has 2 aromatic carbocycles. The van der Waals surface area contributed by atoms with E-state index in [1.807, 2.05) is 0 Å². The Labute approximate surface area is 123 Å². The topological polar surface area (TPSA) is 34.0 Å². The lowest BCUT2D eigenvalue weighted by molar-refractivity contribution is -0.116. The fourth-order valence-electron chi connectivity index (χ4n) is 2.81. The average molecular weight is 278 g/mol. The standard InChI is InChI=1S/C18H18N2O/c1-3-18(21)19-12-13-9-10-17-15(11-13)14-7-5-6-8-16(14)20(17)4-2/h3,5-11H,1,4,12H2,2H3,(H,19,21). The zero-order valence-corrected chi connectivity index (χ0v) is 12.1. The van der Waals surface area contributed by atoms with E-state index in [4.69, 9.17) is 0 Å². The van der Waals surface area contributed by atoms with Gasteiger partial charge in [-0.3, -0.25) is 4.79 Å². The lowest BCUT2D eigenvalue weighted by Gasteiger charge is -2.05. The molecule has 1 heterocycles. The van der Waals surface area contributed by atoms with Gasteiger partial charge in [-0.2, -0.15) is 0 Å². The highest BCUT2D eigenvalue weighted by molar-refractivity contribution is 6.08. The number of para-hydroxylation sites is 1. The quantitative estimate of drug-likeness (QED) is 0.727. The fourth-order valence-corrected chi connectivity index (χ4v) is 2.81. The molecule has 0 atom stereocenters. The van der Waals surface area contributed by atoms with Gasteiger partial charge in [0.05, 0.1) is 0 Å². The van der Waals surface area contributed by atoms with Gasteiger partial charge in [-0.05, 0) is 36.8 Å². The van der Waals surface area contributed by atoms with E-state index in [0.29, 0.717) is 6.54 Å². The third-order valence-electron chi connectivity index (χ3n) is 3.81. The third-order valence-corrected chi connectivity index (χ3v) is 3.81. The number of aryl methyl sites for hydroxylation is 1. The van der Waals surface area contributed by atoms with E-state index < -0.39 is 0 Å². The van der Waals surface area contributed by atoms with Gasteiger partial charge in [0.2, 0.25) is 5.91 Å². The Morgan fingerprint density at radius 1 is 1.19 bits per heavy atom. The number of nitrogens with zero attached hydrogens (tertiary/aromatic N) is 1. The zero-order valence-electron chi connectivity index (χ0n) is 12.1. The maximum atomic E-state index is 11.3. The van der Waals surface area contributed by atoms with E-state index in [2.05, 4.69) is 65.9 Å². The van der Waals surface area contributed by atoms with Gasteiger partial charge in [0, 0.05) is 34.9 Å². The van der Waals surface area contributed by atoms with Crippen LogP contribution >= 0.6 is 0 Å². The van der Waals surface area contributed by atoms with Crippen molar-refractivity contribution in [1.29, 1.82) is 0 Å². The molecule has 21 heavy (non-hydrogen) atoms. The number of nitrogens with one attached hydrogen (secondary N) is 1. The number of fused-ring (bicyclic) bond motifs is 3. The predicted molar refractivity (Wildman–Crippen MR) is 87.2 cm³/mol. The van der Waals surface area contributed by atoms with Gasteiger partial charge in [-0.1, -0.05) is 30.8 Å². The summed E-state index contributed by atoms with van der Waals surface area (Å²) in [6.07, 6.45) is 1.29. The lowest BCUT2D eigenvalue weighted by Crippen LogP contribution is -2.19. The molecule has 0 bridgehead atoms. The van der Waals surface area contributed by atoms with Crippen LogP contribution in [0.5, 0.6) is 0 Å². The number of hydrogen-bond donors (Lipinski definition) is 1. The number of carbonyl (C=O) groups is 1. The molecule has 1 aromatic heterocycles. The van der Waals surface area contributed by atoms with Gasteiger partial charge in [0.1, 0.15) is 0 Å². The minimum absolute atomic E-state index is 0.147. The van der Waals surface area contributed by atoms with E-state index in [-0.39, 0.29) is 5.91 Å². The van der Waals surface area contributed by atoms with Crippen LogP contribution in [-0.4, -0.2) is 10.5 Å². The van der Waals surface area contributed by atoms with E-state index in [1.54, 1.807) is 0 Å². The third kappa shape index (κ3) is 2.31. The molecule has 0 saturated heterocycles. The molecular weight excluding hydrogens is 260 g/mol. The van der Waals surface area contributed by atoms with E-state index in [1.165, 1.54) is 27.9 Å². The summed E-state index contributed by atoms with van der Waals surface area (Å²) < 4.78 is 2.32. The normalized spacial score (nSPS) is 10.9. The summed E-state index contributed by atoms with van der Waals surface area (Å²) in [7, 11) is 0. The summed E-state index contributed by atoms with van der Waals surface area (Å²) in [5, 5.41) is 5.31. The first-order valence-corrected chi connectivity index (χ1v) is 7.14. The molecule has 0 unspecified atom stereocenters. The SMILES string of the molecule is C=CC(=O)NCc1ccc2c(c1)c1ccccc1n2CC. The van der Waals surface area contributed by atoms with Crippen molar-refractivity contribution in [2.45, 2.75) is 20.0 Å². The number of amides is 1. The molecule has 3 aromatic rings. The first-order valence-electron chi connectivity index (χ1n) is 7.14. The molecule has 3 heteroatoms. The van der Waals surface area contributed by atoms with Crippen LogP contribution in [0.15, 0.2) is 55.1 Å². The maximum absolute atomic E-state index is 11.3. The van der Waals surface area contributed by atoms with Crippen molar-refractivity contribution < 1.29 is 4.79 Å². The molecule has 0 aliphatic carbocycles. The van der Waals surface area contributed by atoms with Gasteiger partial charge < -0.3 is 9.88 Å².